The summed E-state index contributed by atoms with van der Waals surface area (Å²) in [4.78, 5) is 4.20. The van der Waals surface area contributed by atoms with Crippen molar-refractivity contribution in [2.75, 3.05) is 33.9 Å². The van der Waals surface area contributed by atoms with E-state index in [-0.39, 0.29) is 24.0 Å². The molecule has 7 heteroatoms. The molecule has 1 aromatic carbocycles. The molecule has 0 aliphatic carbocycles. The Hall–Kier alpha value is -1.74. The van der Waals surface area contributed by atoms with Gasteiger partial charge >= 0.3 is 0 Å². The third-order valence-corrected chi connectivity index (χ3v) is 3.65. The van der Waals surface area contributed by atoms with E-state index in [2.05, 4.69) is 15.6 Å². The van der Waals surface area contributed by atoms with Gasteiger partial charge in [0.2, 0.25) is 0 Å². The van der Waals surface area contributed by atoms with Gasteiger partial charge in [0.05, 0.1) is 20.0 Å². The Morgan fingerprint density at radius 1 is 1.12 bits per heavy atom. The Morgan fingerprint density at radius 2 is 1.88 bits per heavy atom. The van der Waals surface area contributed by atoms with Crippen LogP contribution >= 0.6 is 24.0 Å². The Bertz CT molecular complexity index is 615. The zero-order valence-corrected chi connectivity index (χ0v) is 17.7. The largest absolute Gasteiger partial charge is 0.497 e. The summed E-state index contributed by atoms with van der Waals surface area (Å²) in [5, 5.41) is 6.54. The summed E-state index contributed by atoms with van der Waals surface area (Å²) in [6, 6.07) is 11.8. The van der Waals surface area contributed by atoms with Crippen LogP contribution in [0.15, 0.2) is 52.1 Å². The fourth-order valence-corrected chi connectivity index (χ4v) is 2.27. The van der Waals surface area contributed by atoms with Crippen molar-refractivity contribution in [3.8, 4) is 5.75 Å². The molecule has 0 spiro atoms. The Morgan fingerprint density at radius 3 is 2.54 bits per heavy atom. The predicted molar refractivity (Wildman–Crippen MR) is 114 cm³/mol. The molecule has 0 amide bonds. The molecule has 2 N–H and O–H groups in total. The van der Waals surface area contributed by atoms with E-state index in [1.165, 1.54) is 0 Å². The summed E-state index contributed by atoms with van der Waals surface area (Å²) in [5.41, 5.74) is 1.14. The maximum absolute atomic E-state index is 5.69. The molecule has 0 aliphatic rings. The minimum absolute atomic E-state index is 0. The number of nitrogens with one attached hydrogen (secondary N) is 2. The van der Waals surface area contributed by atoms with E-state index in [0.29, 0.717) is 13.2 Å². The van der Waals surface area contributed by atoms with Gasteiger partial charge in [0.1, 0.15) is 11.5 Å². The second-order valence-electron chi connectivity index (χ2n) is 5.51. The summed E-state index contributed by atoms with van der Waals surface area (Å²) in [7, 11) is 3.43. The van der Waals surface area contributed by atoms with Gasteiger partial charge in [-0.05, 0) is 36.2 Å². The second-order valence-corrected chi connectivity index (χ2v) is 5.51. The molecule has 0 radical (unpaired) electrons. The van der Waals surface area contributed by atoms with E-state index < -0.39 is 0 Å². The van der Waals surface area contributed by atoms with Crippen LogP contribution in [0.4, 0.5) is 0 Å². The maximum atomic E-state index is 5.69. The van der Waals surface area contributed by atoms with E-state index >= 15 is 0 Å². The van der Waals surface area contributed by atoms with Crippen LogP contribution < -0.4 is 15.4 Å². The highest BCUT2D eigenvalue weighted by molar-refractivity contribution is 14.0. The van der Waals surface area contributed by atoms with Crippen LogP contribution in [-0.2, 0) is 17.8 Å². The van der Waals surface area contributed by atoms with Crippen molar-refractivity contribution >= 4 is 29.9 Å². The molecule has 0 unspecified atom stereocenters. The lowest BCUT2D eigenvalue weighted by molar-refractivity contribution is 0.119. The fourth-order valence-electron chi connectivity index (χ4n) is 2.27. The number of methoxy groups -OCH3 is 1. The number of halogens is 1. The number of furan rings is 1. The highest BCUT2D eigenvalue weighted by Crippen LogP contribution is 2.11. The summed E-state index contributed by atoms with van der Waals surface area (Å²) in [6.45, 7) is 2.90. The van der Waals surface area contributed by atoms with Crippen molar-refractivity contribution in [2.24, 2.45) is 4.99 Å². The molecule has 0 saturated heterocycles. The van der Waals surface area contributed by atoms with Gasteiger partial charge in [0.15, 0.2) is 5.96 Å². The molecule has 0 bridgehead atoms. The quantitative estimate of drug-likeness (QED) is 0.240. The normalized spacial score (nSPS) is 10.9. The van der Waals surface area contributed by atoms with Gasteiger partial charge < -0.3 is 24.5 Å². The molecule has 6 nitrogen and oxygen atoms in total. The first-order valence-corrected chi connectivity index (χ1v) is 8.49. The molecule has 1 heterocycles. The third kappa shape index (κ3) is 8.57. The minimum atomic E-state index is 0. The van der Waals surface area contributed by atoms with E-state index in [9.17, 15) is 0 Å². The van der Waals surface area contributed by atoms with Crippen LogP contribution in [-0.4, -0.2) is 39.8 Å². The number of hydrogen-bond donors (Lipinski definition) is 2. The zero-order chi connectivity index (χ0) is 17.7. The standard InChI is InChI=1S/C19H27N3O3.HI/c1-20-19(22-12-10-18-5-3-14-25-18)21-11-4-13-24-15-16-6-8-17(23-2)9-7-16;/h3,5-9,14H,4,10-13,15H2,1-2H3,(H2,20,21,22);1H. The zero-order valence-electron chi connectivity index (χ0n) is 15.4. The van der Waals surface area contributed by atoms with E-state index in [1.807, 2.05) is 36.4 Å². The van der Waals surface area contributed by atoms with Gasteiger partial charge in [0, 0.05) is 33.2 Å². The molecule has 0 saturated carbocycles. The smallest absolute Gasteiger partial charge is 0.190 e. The molecular weight excluding hydrogens is 445 g/mol. The third-order valence-electron chi connectivity index (χ3n) is 3.65. The first kappa shape index (κ1) is 22.3. The van der Waals surface area contributed by atoms with Crippen molar-refractivity contribution in [3.05, 3.63) is 54.0 Å². The molecule has 2 aromatic rings. The van der Waals surface area contributed by atoms with Gasteiger partial charge in [0.25, 0.3) is 0 Å². The van der Waals surface area contributed by atoms with Crippen LogP contribution in [0.3, 0.4) is 0 Å². The lowest BCUT2D eigenvalue weighted by Crippen LogP contribution is -2.38. The Labute approximate surface area is 172 Å². The van der Waals surface area contributed by atoms with Crippen LogP contribution in [0, 0.1) is 0 Å². The first-order valence-electron chi connectivity index (χ1n) is 8.49. The number of hydrogen-bond acceptors (Lipinski definition) is 4. The van der Waals surface area contributed by atoms with Crippen molar-refractivity contribution in [2.45, 2.75) is 19.4 Å². The number of ether oxygens (including phenoxy) is 2. The number of aliphatic imine (C=N–C) groups is 1. The SMILES string of the molecule is CN=C(NCCCOCc1ccc(OC)cc1)NCCc1ccco1.I. The summed E-state index contributed by atoms with van der Waals surface area (Å²) < 4.78 is 16.1. The number of rotatable bonds is 10. The van der Waals surface area contributed by atoms with Crippen molar-refractivity contribution in [1.29, 1.82) is 0 Å². The first-order chi connectivity index (χ1) is 12.3. The average molecular weight is 473 g/mol. The number of guanidine groups is 1. The Balaban J connectivity index is 0.00000338. The van der Waals surface area contributed by atoms with Crippen LogP contribution in [0.5, 0.6) is 5.75 Å². The molecule has 0 aliphatic heterocycles. The molecule has 144 valence electrons. The summed E-state index contributed by atoms with van der Waals surface area (Å²) in [5.74, 6) is 2.62. The minimum Gasteiger partial charge on any atom is -0.497 e. The van der Waals surface area contributed by atoms with E-state index in [4.69, 9.17) is 13.9 Å². The van der Waals surface area contributed by atoms with Gasteiger partial charge in [-0.2, -0.15) is 0 Å². The molecule has 1 aromatic heterocycles. The van der Waals surface area contributed by atoms with Crippen LogP contribution in [0.25, 0.3) is 0 Å². The van der Waals surface area contributed by atoms with Crippen molar-refractivity contribution in [3.63, 3.8) is 0 Å². The lowest BCUT2D eigenvalue weighted by atomic mass is 10.2. The van der Waals surface area contributed by atoms with Crippen molar-refractivity contribution in [1.82, 2.24) is 10.6 Å². The monoisotopic (exact) mass is 473 g/mol. The fraction of sp³-hybridized carbons (Fsp3) is 0.421. The van der Waals surface area contributed by atoms with Gasteiger partial charge in [-0.25, -0.2) is 0 Å². The number of benzene rings is 1. The highest BCUT2D eigenvalue weighted by atomic mass is 127. The molecule has 26 heavy (non-hydrogen) atoms. The average Bonchev–Trinajstić information content (AvgIpc) is 3.17. The van der Waals surface area contributed by atoms with Gasteiger partial charge in [-0.15, -0.1) is 24.0 Å². The van der Waals surface area contributed by atoms with Crippen LogP contribution in [0.1, 0.15) is 17.7 Å². The van der Waals surface area contributed by atoms with Gasteiger partial charge in [-0.3, -0.25) is 4.99 Å². The highest BCUT2D eigenvalue weighted by Gasteiger charge is 1.99. The summed E-state index contributed by atoms with van der Waals surface area (Å²) in [6.07, 6.45) is 3.43. The second kappa shape index (κ2) is 13.5. The molecule has 2 rings (SSSR count). The van der Waals surface area contributed by atoms with E-state index in [1.54, 1.807) is 20.4 Å². The lowest BCUT2D eigenvalue weighted by Gasteiger charge is -2.11. The van der Waals surface area contributed by atoms with Crippen LogP contribution in [0.2, 0.25) is 0 Å². The topological polar surface area (TPSA) is 68.0 Å². The number of nitrogens with zero attached hydrogens (tertiary/aromatic N) is 1. The Kier molecular flexibility index (Phi) is 11.5. The molecule has 0 fully saturated rings. The molecule has 0 atom stereocenters. The molecular formula is C19H28IN3O3. The predicted octanol–water partition coefficient (Wildman–Crippen LogP) is 3.22. The van der Waals surface area contributed by atoms with Crippen molar-refractivity contribution < 1.29 is 13.9 Å². The maximum Gasteiger partial charge on any atom is 0.190 e. The van der Waals surface area contributed by atoms with Gasteiger partial charge in [-0.1, -0.05) is 12.1 Å². The summed E-state index contributed by atoms with van der Waals surface area (Å²) >= 11 is 0. The van der Waals surface area contributed by atoms with E-state index in [0.717, 1.165) is 49.0 Å².